The Morgan fingerprint density at radius 2 is 2.00 bits per heavy atom. The molecule has 0 aliphatic heterocycles. The summed E-state index contributed by atoms with van der Waals surface area (Å²) in [4.78, 5) is 0. The highest BCUT2D eigenvalue weighted by atomic mass is 35.5. The van der Waals surface area contributed by atoms with Crippen LogP contribution in [0.3, 0.4) is 0 Å². The van der Waals surface area contributed by atoms with Gasteiger partial charge in [-0.25, -0.2) is 4.39 Å². The van der Waals surface area contributed by atoms with Crippen LogP contribution in [0.5, 0.6) is 0 Å². The van der Waals surface area contributed by atoms with Crippen molar-refractivity contribution in [3.63, 3.8) is 0 Å². The number of rotatable bonds is 5. The fourth-order valence-electron chi connectivity index (χ4n) is 4.05. The monoisotopic (exact) mass is 295 g/mol. The number of nitrogens with one attached hydrogen (secondary N) is 1. The van der Waals surface area contributed by atoms with Gasteiger partial charge in [0.15, 0.2) is 0 Å². The minimum absolute atomic E-state index is 0.158. The van der Waals surface area contributed by atoms with Crippen LogP contribution >= 0.6 is 11.6 Å². The van der Waals surface area contributed by atoms with E-state index in [0.717, 1.165) is 30.4 Å². The largest absolute Gasteiger partial charge is 0.310 e. The molecule has 20 heavy (non-hydrogen) atoms. The molecule has 1 aromatic rings. The van der Waals surface area contributed by atoms with Gasteiger partial charge in [-0.2, -0.15) is 0 Å². The first kappa shape index (κ1) is 14.3. The number of halogens is 2. The summed E-state index contributed by atoms with van der Waals surface area (Å²) >= 11 is 5.88. The van der Waals surface area contributed by atoms with Gasteiger partial charge in [0, 0.05) is 16.6 Å². The molecule has 1 nitrogen and oxygen atoms in total. The molecule has 0 radical (unpaired) electrons. The average Bonchev–Trinajstić information content (AvgIpc) is 3.15. The zero-order valence-corrected chi connectivity index (χ0v) is 12.8. The lowest BCUT2D eigenvalue weighted by Crippen LogP contribution is -2.26. The number of hydrogen-bond acceptors (Lipinski definition) is 1. The van der Waals surface area contributed by atoms with Gasteiger partial charge in [0.25, 0.3) is 0 Å². The molecule has 2 aliphatic carbocycles. The molecule has 0 spiro atoms. The molecule has 3 unspecified atom stereocenters. The summed E-state index contributed by atoms with van der Waals surface area (Å²) in [5, 5.41) is 4.06. The maximum atomic E-state index is 14.3. The van der Waals surface area contributed by atoms with Gasteiger partial charge in [-0.05, 0) is 55.7 Å². The van der Waals surface area contributed by atoms with Crippen molar-refractivity contribution in [3.8, 4) is 0 Å². The van der Waals surface area contributed by atoms with E-state index in [9.17, 15) is 4.39 Å². The van der Waals surface area contributed by atoms with Crippen LogP contribution < -0.4 is 5.32 Å². The van der Waals surface area contributed by atoms with E-state index < -0.39 is 0 Å². The third-order valence-corrected chi connectivity index (χ3v) is 5.25. The number of hydrogen-bond donors (Lipinski definition) is 1. The van der Waals surface area contributed by atoms with Crippen LogP contribution in [-0.2, 0) is 0 Å². The zero-order valence-electron chi connectivity index (χ0n) is 12.0. The molecule has 3 rings (SSSR count). The highest BCUT2D eigenvalue weighted by molar-refractivity contribution is 6.30. The Morgan fingerprint density at radius 1 is 1.30 bits per heavy atom. The fraction of sp³-hybridized carbons (Fsp3) is 0.647. The van der Waals surface area contributed by atoms with Gasteiger partial charge in [-0.3, -0.25) is 0 Å². The van der Waals surface area contributed by atoms with E-state index in [1.54, 1.807) is 0 Å². The molecule has 3 heteroatoms. The molecule has 110 valence electrons. The Labute approximate surface area is 125 Å². The molecule has 2 saturated carbocycles. The van der Waals surface area contributed by atoms with Gasteiger partial charge in [0.05, 0.1) is 0 Å². The molecule has 2 fully saturated rings. The van der Waals surface area contributed by atoms with Gasteiger partial charge >= 0.3 is 0 Å². The van der Waals surface area contributed by atoms with Gasteiger partial charge < -0.3 is 5.32 Å². The quantitative estimate of drug-likeness (QED) is 0.810. The molecule has 0 bridgehead atoms. The molecular formula is C17H23ClFN. The Hall–Kier alpha value is -0.600. The molecule has 0 saturated heterocycles. The van der Waals surface area contributed by atoms with Crippen molar-refractivity contribution < 1.29 is 4.39 Å². The fourth-order valence-corrected chi connectivity index (χ4v) is 4.21. The standard InChI is InChI=1S/C17H23ClFN/c1-2-9-20-17(14-8-7-11(18)10-15(14)19)16-12-5-3-4-6-13(12)16/h7-8,10,12-13,16-17,20H,2-6,9H2,1H3. The van der Waals surface area contributed by atoms with Crippen molar-refractivity contribution in [3.05, 3.63) is 34.6 Å². The van der Waals surface area contributed by atoms with Crippen LogP contribution in [-0.4, -0.2) is 6.54 Å². The third-order valence-electron chi connectivity index (χ3n) is 5.02. The third kappa shape index (κ3) is 2.73. The number of benzene rings is 1. The van der Waals surface area contributed by atoms with Gasteiger partial charge in [0.2, 0.25) is 0 Å². The number of fused-ring (bicyclic) bond motifs is 1. The Morgan fingerprint density at radius 3 is 2.60 bits per heavy atom. The van der Waals surface area contributed by atoms with Crippen LogP contribution in [0.15, 0.2) is 18.2 Å². The van der Waals surface area contributed by atoms with Crippen molar-refractivity contribution in [2.24, 2.45) is 17.8 Å². The van der Waals surface area contributed by atoms with E-state index >= 15 is 0 Å². The first-order valence-corrected chi connectivity index (χ1v) is 8.28. The lowest BCUT2D eigenvalue weighted by atomic mass is 9.99. The second-order valence-corrected chi connectivity index (χ2v) is 6.72. The zero-order chi connectivity index (χ0) is 14.1. The van der Waals surface area contributed by atoms with Crippen molar-refractivity contribution in [2.45, 2.75) is 45.1 Å². The maximum Gasteiger partial charge on any atom is 0.129 e. The van der Waals surface area contributed by atoms with Crippen molar-refractivity contribution in [1.82, 2.24) is 5.32 Å². The Bertz CT molecular complexity index is 464. The lowest BCUT2D eigenvalue weighted by molar-refractivity contribution is 0.427. The predicted octanol–water partition coefficient (Wildman–Crippen LogP) is 4.96. The molecule has 2 aliphatic rings. The highest BCUT2D eigenvalue weighted by Gasteiger charge is 2.54. The van der Waals surface area contributed by atoms with Crippen molar-refractivity contribution >= 4 is 11.6 Å². The smallest absolute Gasteiger partial charge is 0.129 e. The van der Waals surface area contributed by atoms with Crippen LogP contribution in [0.4, 0.5) is 4.39 Å². The minimum Gasteiger partial charge on any atom is -0.310 e. The van der Waals surface area contributed by atoms with E-state index in [1.807, 2.05) is 12.1 Å². The van der Waals surface area contributed by atoms with Crippen molar-refractivity contribution in [1.29, 1.82) is 0 Å². The molecule has 1 N–H and O–H groups in total. The molecular weight excluding hydrogens is 273 g/mol. The van der Waals surface area contributed by atoms with E-state index in [0.29, 0.717) is 10.9 Å². The summed E-state index contributed by atoms with van der Waals surface area (Å²) < 4.78 is 14.3. The van der Waals surface area contributed by atoms with Gasteiger partial charge in [0.1, 0.15) is 5.82 Å². The van der Waals surface area contributed by atoms with Crippen LogP contribution in [0.2, 0.25) is 5.02 Å². The van der Waals surface area contributed by atoms with Gasteiger partial charge in [-0.15, -0.1) is 0 Å². The van der Waals surface area contributed by atoms with Gasteiger partial charge in [-0.1, -0.05) is 37.4 Å². The summed E-state index contributed by atoms with van der Waals surface area (Å²) in [5.41, 5.74) is 0.808. The topological polar surface area (TPSA) is 12.0 Å². The predicted molar refractivity (Wildman–Crippen MR) is 81.4 cm³/mol. The van der Waals surface area contributed by atoms with Crippen LogP contribution in [0.1, 0.15) is 50.6 Å². The van der Waals surface area contributed by atoms with Crippen LogP contribution in [0, 0.1) is 23.6 Å². The normalized spacial score (nSPS) is 29.9. The molecule has 0 amide bonds. The van der Waals surface area contributed by atoms with E-state index in [2.05, 4.69) is 12.2 Å². The van der Waals surface area contributed by atoms with E-state index in [4.69, 9.17) is 11.6 Å². The van der Waals surface area contributed by atoms with Crippen molar-refractivity contribution in [2.75, 3.05) is 6.54 Å². The molecule has 1 aromatic carbocycles. The Kier molecular flexibility index (Phi) is 4.32. The first-order chi connectivity index (χ1) is 9.72. The summed E-state index contributed by atoms with van der Waals surface area (Å²) in [6.45, 7) is 3.10. The minimum atomic E-state index is -0.158. The first-order valence-electron chi connectivity index (χ1n) is 7.90. The highest BCUT2D eigenvalue weighted by Crippen LogP contribution is 2.60. The lowest BCUT2D eigenvalue weighted by Gasteiger charge is -2.20. The maximum absolute atomic E-state index is 14.3. The SMILES string of the molecule is CCCNC(c1ccc(Cl)cc1F)C1C2CCCCC21. The summed E-state index contributed by atoms with van der Waals surface area (Å²) in [7, 11) is 0. The second-order valence-electron chi connectivity index (χ2n) is 6.29. The molecule has 0 heterocycles. The van der Waals surface area contributed by atoms with Crippen LogP contribution in [0.25, 0.3) is 0 Å². The van der Waals surface area contributed by atoms with E-state index in [1.165, 1.54) is 31.7 Å². The summed E-state index contributed by atoms with van der Waals surface area (Å²) in [5.74, 6) is 2.09. The average molecular weight is 296 g/mol. The summed E-state index contributed by atoms with van der Waals surface area (Å²) in [6, 6.07) is 5.30. The molecule has 3 atom stereocenters. The Balaban J connectivity index is 1.82. The second kappa shape index (κ2) is 6.03. The molecule has 0 aromatic heterocycles. The van der Waals surface area contributed by atoms with E-state index in [-0.39, 0.29) is 11.9 Å². The summed E-state index contributed by atoms with van der Waals surface area (Å²) in [6.07, 6.45) is 6.43.